The quantitative estimate of drug-likeness (QED) is 0.175. The third kappa shape index (κ3) is 6.16. The van der Waals surface area contributed by atoms with E-state index in [4.69, 9.17) is 4.42 Å². The van der Waals surface area contributed by atoms with Gasteiger partial charge in [0.25, 0.3) is 0 Å². The van der Waals surface area contributed by atoms with E-state index in [1.807, 2.05) is 39.8 Å². The third-order valence-corrected chi connectivity index (χ3v) is 10.0. The number of rotatable bonds is 5. The molecule has 2 aromatic heterocycles. The van der Waals surface area contributed by atoms with E-state index in [2.05, 4.69) is 180 Å². The lowest BCUT2D eigenvalue weighted by Crippen LogP contribution is -1.94. The zero-order valence-electron chi connectivity index (χ0n) is 31.3. The number of nitrogens with zero attached hydrogens (tertiary/aromatic N) is 1. The number of benzene rings is 8. The van der Waals surface area contributed by atoms with Gasteiger partial charge in [0.1, 0.15) is 11.2 Å². The van der Waals surface area contributed by atoms with Gasteiger partial charge < -0.3 is 8.98 Å². The van der Waals surface area contributed by atoms with Crippen molar-refractivity contribution in [2.24, 2.45) is 0 Å². The van der Waals surface area contributed by atoms with Crippen LogP contribution in [0.1, 0.15) is 27.7 Å². The lowest BCUT2D eigenvalue weighted by Gasteiger charge is -2.11. The second kappa shape index (κ2) is 15.1. The van der Waals surface area contributed by atoms with Crippen LogP contribution >= 0.6 is 0 Å². The Morgan fingerprint density at radius 3 is 1.54 bits per heavy atom. The molecule has 0 N–H and O–H groups in total. The molecule has 2 heteroatoms. The normalized spacial score (nSPS) is 11.0. The van der Waals surface area contributed by atoms with Gasteiger partial charge in [0.05, 0.1) is 11.0 Å². The SMILES string of the molecule is CC.CC.c1ccc(-c2ccc(-c3ccc(-c4ccc5c(c4)c4ccccc4n5-c4cccc(-c5cccc6c5oc5ccccc56)c4)cc3)cc2)cc1. The van der Waals surface area contributed by atoms with E-state index in [-0.39, 0.29) is 0 Å². The average molecular weight is 698 g/mol. The van der Waals surface area contributed by atoms with Crippen molar-refractivity contribution in [3.63, 3.8) is 0 Å². The fourth-order valence-corrected chi connectivity index (χ4v) is 7.56. The lowest BCUT2D eigenvalue weighted by molar-refractivity contribution is 0.670. The molecule has 0 aliphatic rings. The number of aromatic nitrogens is 1. The minimum Gasteiger partial charge on any atom is -0.455 e. The molecule has 0 bridgehead atoms. The van der Waals surface area contributed by atoms with Gasteiger partial charge >= 0.3 is 0 Å². The van der Waals surface area contributed by atoms with Gasteiger partial charge in [0.2, 0.25) is 0 Å². The van der Waals surface area contributed by atoms with Crippen LogP contribution in [0.5, 0.6) is 0 Å². The monoisotopic (exact) mass is 697 g/mol. The van der Waals surface area contributed by atoms with Crippen LogP contribution in [-0.2, 0) is 0 Å². The summed E-state index contributed by atoms with van der Waals surface area (Å²) < 4.78 is 8.80. The molecule has 8 aromatic carbocycles. The zero-order valence-corrected chi connectivity index (χ0v) is 31.3. The van der Waals surface area contributed by atoms with E-state index in [0.717, 1.165) is 38.8 Å². The fraction of sp³-hybridized carbons (Fsp3) is 0.0769. The highest BCUT2D eigenvalue weighted by molar-refractivity contribution is 6.11. The van der Waals surface area contributed by atoms with E-state index >= 15 is 0 Å². The summed E-state index contributed by atoms with van der Waals surface area (Å²) in [6.07, 6.45) is 0. The van der Waals surface area contributed by atoms with Crippen LogP contribution in [0.4, 0.5) is 0 Å². The minimum atomic E-state index is 0.913. The largest absolute Gasteiger partial charge is 0.455 e. The molecule has 0 aliphatic carbocycles. The van der Waals surface area contributed by atoms with Gasteiger partial charge in [-0.3, -0.25) is 0 Å². The zero-order chi connectivity index (χ0) is 37.0. The molecule has 0 aliphatic heterocycles. The smallest absolute Gasteiger partial charge is 0.143 e. The third-order valence-electron chi connectivity index (χ3n) is 10.0. The highest BCUT2D eigenvalue weighted by Gasteiger charge is 2.16. The number of hydrogen-bond acceptors (Lipinski definition) is 1. The van der Waals surface area contributed by atoms with Crippen molar-refractivity contribution >= 4 is 43.7 Å². The number of hydrogen-bond donors (Lipinski definition) is 0. The van der Waals surface area contributed by atoms with Crippen LogP contribution in [0.3, 0.4) is 0 Å². The second-order valence-electron chi connectivity index (χ2n) is 12.9. The maximum atomic E-state index is 6.41. The molecule has 0 saturated carbocycles. The summed E-state index contributed by atoms with van der Waals surface area (Å²) in [5.74, 6) is 0. The number of furan rings is 1. The van der Waals surface area contributed by atoms with E-state index in [1.165, 1.54) is 55.2 Å². The predicted molar refractivity (Wildman–Crippen MR) is 232 cm³/mol. The predicted octanol–water partition coefficient (Wildman–Crippen LogP) is 15.4. The van der Waals surface area contributed by atoms with Crippen LogP contribution in [0.25, 0.3) is 93.9 Å². The molecule has 0 atom stereocenters. The highest BCUT2D eigenvalue weighted by Crippen LogP contribution is 2.39. The Bertz CT molecular complexity index is 2840. The summed E-state index contributed by atoms with van der Waals surface area (Å²) in [5.41, 5.74) is 14.9. The van der Waals surface area contributed by atoms with Gasteiger partial charge in [-0.2, -0.15) is 0 Å². The van der Waals surface area contributed by atoms with E-state index in [0.29, 0.717) is 0 Å². The van der Waals surface area contributed by atoms with Gasteiger partial charge in [-0.05, 0) is 75.3 Å². The molecule has 2 nitrogen and oxygen atoms in total. The maximum Gasteiger partial charge on any atom is 0.143 e. The summed E-state index contributed by atoms with van der Waals surface area (Å²) in [6.45, 7) is 8.00. The summed E-state index contributed by atoms with van der Waals surface area (Å²) in [7, 11) is 0. The number of fused-ring (bicyclic) bond motifs is 6. The molecule has 262 valence electrons. The van der Waals surface area contributed by atoms with Gasteiger partial charge in [0.15, 0.2) is 0 Å². The van der Waals surface area contributed by atoms with Gasteiger partial charge in [0, 0.05) is 32.8 Å². The van der Waals surface area contributed by atoms with Crippen LogP contribution in [0.2, 0.25) is 0 Å². The average Bonchev–Trinajstić information content (AvgIpc) is 3.81. The Morgan fingerprint density at radius 1 is 0.333 bits per heavy atom. The molecule has 0 radical (unpaired) electrons. The highest BCUT2D eigenvalue weighted by atomic mass is 16.3. The summed E-state index contributed by atoms with van der Waals surface area (Å²) in [5, 5.41) is 4.76. The summed E-state index contributed by atoms with van der Waals surface area (Å²) in [6, 6.07) is 67.4. The van der Waals surface area contributed by atoms with Crippen LogP contribution in [0, 0.1) is 0 Å². The first-order valence-electron chi connectivity index (χ1n) is 19.1. The summed E-state index contributed by atoms with van der Waals surface area (Å²) >= 11 is 0. The number of para-hydroxylation sites is 3. The topological polar surface area (TPSA) is 18.1 Å². The standard InChI is InChI=1S/C48H31NO.2C2H6/c1-2-10-32(11-3-1)33-20-22-34(23-21-33)35-24-26-36(27-25-35)37-28-29-46-44(31-37)41-14-4-6-18-45(41)49(46)39-13-8-12-38(30-39)40-16-9-17-43-42-15-5-7-19-47(42)50-48(40)43;2*1-2/h1-31H;2*1-2H3. The van der Waals surface area contributed by atoms with Gasteiger partial charge in [-0.25, -0.2) is 0 Å². The van der Waals surface area contributed by atoms with Gasteiger partial charge in [-0.1, -0.05) is 179 Å². The molecule has 2 heterocycles. The Hall–Kier alpha value is -6.64. The van der Waals surface area contributed by atoms with Gasteiger partial charge in [-0.15, -0.1) is 0 Å². The molecular weight excluding hydrogens is 655 g/mol. The van der Waals surface area contributed by atoms with E-state index < -0.39 is 0 Å². The summed E-state index contributed by atoms with van der Waals surface area (Å²) in [4.78, 5) is 0. The van der Waals surface area contributed by atoms with Crippen molar-refractivity contribution in [3.05, 3.63) is 188 Å². The molecule has 0 unspecified atom stereocenters. The lowest BCUT2D eigenvalue weighted by atomic mass is 9.97. The van der Waals surface area contributed by atoms with Crippen LogP contribution in [0.15, 0.2) is 192 Å². The fourth-order valence-electron chi connectivity index (χ4n) is 7.56. The molecule has 0 saturated heterocycles. The first-order valence-corrected chi connectivity index (χ1v) is 19.1. The minimum absolute atomic E-state index is 0.913. The van der Waals surface area contributed by atoms with E-state index in [1.54, 1.807) is 0 Å². The van der Waals surface area contributed by atoms with Crippen molar-refractivity contribution in [1.82, 2.24) is 4.57 Å². The maximum absolute atomic E-state index is 6.41. The molecule has 0 spiro atoms. The molecule has 54 heavy (non-hydrogen) atoms. The van der Waals surface area contributed by atoms with E-state index in [9.17, 15) is 0 Å². The van der Waals surface area contributed by atoms with Crippen molar-refractivity contribution in [2.45, 2.75) is 27.7 Å². The molecule has 10 rings (SSSR count). The molecule has 0 amide bonds. The Morgan fingerprint density at radius 2 is 0.833 bits per heavy atom. The Kier molecular flexibility index (Phi) is 9.66. The molecular formula is C52H43NO. The molecule has 0 fully saturated rings. The van der Waals surface area contributed by atoms with Crippen LogP contribution in [-0.4, -0.2) is 4.57 Å². The van der Waals surface area contributed by atoms with Crippen molar-refractivity contribution in [1.29, 1.82) is 0 Å². The first-order chi connectivity index (χ1) is 26.8. The van der Waals surface area contributed by atoms with Crippen molar-refractivity contribution < 1.29 is 4.42 Å². The van der Waals surface area contributed by atoms with Crippen molar-refractivity contribution in [2.75, 3.05) is 0 Å². The Labute approximate surface area is 317 Å². The van der Waals surface area contributed by atoms with Crippen molar-refractivity contribution in [3.8, 4) is 50.2 Å². The van der Waals surface area contributed by atoms with Crippen LogP contribution < -0.4 is 0 Å². The molecule has 10 aromatic rings. The first kappa shape index (κ1) is 34.4. The Balaban J connectivity index is 0.00000100. The second-order valence-corrected chi connectivity index (χ2v) is 12.9.